The number of pyridine rings is 1. The van der Waals surface area contributed by atoms with Crippen molar-refractivity contribution < 1.29 is 9.90 Å². The minimum Gasteiger partial charge on any atom is -0.507 e. The fourth-order valence-corrected chi connectivity index (χ4v) is 4.64. The van der Waals surface area contributed by atoms with Gasteiger partial charge in [-0.15, -0.1) is 10.2 Å². The van der Waals surface area contributed by atoms with Crippen LogP contribution in [0.4, 0.5) is 5.69 Å². The largest absolute Gasteiger partial charge is 0.507 e. The van der Waals surface area contributed by atoms with Crippen LogP contribution in [0.3, 0.4) is 0 Å². The number of aromatic hydroxyl groups is 1. The number of hydrogen-bond acceptors (Lipinski definition) is 8. The predicted octanol–water partition coefficient (Wildman–Crippen LogP) is 4.89. The van der Waals surface area contributed by atoms with Crippen LogP contribution < -0.4 is 10.3 Å². The number of carbonyl (C=O) groups excluding carboxylic acids is 1. The molecule has 0 aliphatic rings. The molecule has 11 heteroatoms. The summed E-state index contributed by atoms with van der Waals surface area (Å²) in [6.45, 7) is 5.81. The number of phenols is 1. The van der Waals surface area contributed by atoms with Gasteiger partial charge in [0.1, 0.15) is 5.75 Å². The summed E-state index contributed by atoms with van der Waals surface area (Å²) >= 11 is 4.71. The number of hydrogen-bond donors (Lipinski definition) is 2. The molecular weight excluding hydrogens is 554 g/mol. The van der Waals surface area contributed by atoms with E-state index in [1.54, 1.807) is 24.5 Å². The highest BCUT2D eigenvalue weighted by molar-refractivity contribution is 9.10. The molecule has 4 aromatic rings. The molecule has 0 aliphatic heterocycles. The number of phenolic OH excluding ortho intramolecular Hbond substituents is 1. The minimum atomic E-state index is -0.311. The molecule has 1 amide bonds. The lowest BCUT2D eigenvalue weighted by molar-refractivity contribution is -0.118. The van der Waals surface area contributed by atoms with E-state index in [4.69, 9.17) is 0 Å². The van der Waals surface area contributed by atoms with Crippen molar-refractivity contribution >= 4 is 45.5 Å². The van der Waals surface area contributed by atoms with Crippen molar-refractivity contribution in [3.63, 3.8) is 0 Å². The zero-order chi connectivity index (χ0) is 26.2. The summed E-state index contributed by atoms with van der Waals surface area (Å²) in [6, 6.07) is 16.9. The van der Waals surface area contributed by atoms with Crippen molar-refractivity contribution in [3.05, 3.63) is 77.0 Å². The number of hydrazone groups is 1. The monoisotopic (exact) mass is 579 g/mol. The molecule has 0 spiro atoms. The molecule has 2 heterocycles. The number of carbonyl (C=O) groups is 1. The maximum atomic E-state index is 12.5. The molecule has 2 aromatic carbocycles. The molecular formula is C26H26BrN7O2S. The number of rotatable bonds is 10. The molecule has 190 valence electrons. The van der Waals surface area contributed by atoms with Gasteiger partial charge < -0.3 is 10.0 Å². The number of anilines is 1. The summed E-state index contributed by atoms with van der Waals surface area (Å²) in [4.78, 5) is 18.8. The standard InChI is InChI=1S/C26H26BrN7O2S/c1-3-33(4-2)22-10-7-18(23(35)14-22)16-29-30-24(36)17-37-26-32-31-25(19-6-5-13-28-15-19)34(26)21-11-8-20(27)9-12-21/h5-16,35H,3-4,17H2,1-2H3,(H,30,36)/b29-16+. The summed E-state index contributed by atoms with van der Waals surface area (Å²) in [7, 11) is 0. The van der Waals surface area contributed by atoms with Gasteiger partial charge in [0.15, 0.2) is 11.0 Å². The van der Waals surface area contributed by atoms with Gasteiger partial charge in [0.05, 0.1) is 12.0 Å². The van der Waals surface area contributed by atoms with Crippen LogP contribution in [0.15, 0.2) is 81.7 Å². The second-order valence-electron chi connectivity index (χ2n) is 7.86. The van der Waals surface area contributed by atoms with E-state index in [9.17, 15) is 9.90 Å². The highest BCUT2D eigenvalue weighted by atomic mass is 79.9. The molecule has 9 nitrogen and oxygen atoms in total. The van der Waals surface area contributed by atoms with Crippen molar-refractivity contribution in [1.29, 1.82) is 0 Å². The minimum absolute atomic E-state index is 0.0753. The van der Waals surface area contributed by atoms with Crippen LogP contribution in [0.5, 0.6) is 5.75 Å². The van der Waals surface area contributed by atoms with E-state index >= 15 is 0 Å². The van der Waals surface area contributed by atoms with Crippen molar-refractivity contribution in [2.45, 2.75) is 19.0 Å². The molecule has 0 fully saturated rings. The van der Waals surface area contributed by atoms with Gasteiger partial charge >= 0.3 is 0 Å². The number of aromatic nitrogens is 4. The molecule has 37 heavy (non-hydrogen) atoms. The van der Waals surface area contributed by atoms with E-state index in [0.717, 1.165) is 34.5 Å². The molecule has 0 bridgehead atoms. The molecule has 0 radical (unpaired) electrons. The third-order valence-corrected chi connectivity index (χ3v) is 6.96. The highest BCUT2D eigenvalue weighted by Crippen LogP contribution is 2.28. The number of benzene rings is 2. The van der Waals surface area contributed by atoms with E-state index in [1.165, 1.54) is 18.0 Å². The third kappa shape index (κ3) is 6.55. The van der Waals surface area contributed by atoms with Gasteiger partial charge in [0, 0.05) is 58.5 Å². The smallest absolute Gasteiger partial charge is 0.250 e. The summed E-state index contributed by atoms with van der Waals surface area (Å²) < 4.78 is 2.84. The lowest BCUT2D eigenvalue weighted by Crippen LogP contribution is -2.21. The van der Waals surface area contributed by atoms with Crippen LogP contribution in [-0.4, -0.2) is 55.8 Å². The Kier molecular flexibility index (Phi) is 8.91. The number of nitrogens with one attached hydrogen (secondary N) is 1. The van der Waals surface area contributed by atoms with Crippen molar-refractivity contribution in [2.75, 3.05) is 23.7 Å². The van der Waals surface area contributed by atoms with Gasteiger partial charge in [-0.05, 0) is 62.4 Å². The summed E-state index contributed by atoms with van der Waals surface area (Å²) in [5.41, 5.74) is 5.62. The summed E-state index contributed by atoms with van der Waals surface area (Å²) in [6.07, 6.45) is 4.84. The average molecular weight is 581 g/mol. The Hall–Kier alpha value is -3.70. The zero-order valence-corrected chi connectivity index (χ0v) is 22.8. The van der Waals surface area contributed by atoms with Crippen molar-refractivity contribution in [1.82, 2.24) is 25.2 Å². The fourth-order valence-electron chi connectivity index (χ4n) is 3.63. The maximum Gasteiger partial charge on any atom is 0.250 e. The SMILES string of the molecule is CCN(CC)c1ccc(/C=N/NC(=O)CSc2nnc(-c3cccnc3)n2-c2ccc(Br)cc2)c(O)c1. The number of nitrogens with zero attached hydrogens (tertiary/aromatic N) is 6. The van der Waals surface area contributed by atoms with Gasteiger partial charge in [-0.2, -0.15) is 5.10 Å². The maximum absolute atomic E-state index is 12.5. The van der Waals surface area contributed by atoms with E-state index in [1.807, 2.05) is 47.0 Å². The predicted molar refractivity (Wildman–Crippen MR) is 150 cm³/mol. The molecule has 4 rings (SSSR count). The van der Waals surface area contributed by atoms with Gasteiger partial charge in [-0.1, -0.05) is 27.7 Å². The Labute approximate surface area is 227 Å². The Morgan fingerprint density at radius 3 is 2.62 bits per heavy atom. The van der Waals surface area contributed by atoms with Crippen LogP contribution in [-0.2, 0) is 4.79 Å². The number of thioether (sulfide) groups is 1. The average Bonchev–Trinajstić information content (AvgIpc) is 3.34. The Balaban J connectivity index is 1.44. The number of amides is 1. The molecule has 0 atom stereocenters. The van der Waals surface area contributed by atoms with Gasteiger partial charge in [-0.3, -0.25) is 14.3 Å². The molecule has 2 N–H and O–H groups in total. The van der Waals surface area contributed by atoms with Crippen LogP contribution in [0.2, 0.25) is 0 Å². The first-order valence-electron chi connectivity index (χ1n) is 11.6. The Morgan fingerprint density at radius 2 is 1.95 bits per heavy atom. The van der Waals surface area contributed by atoms with Crippen LogP contribution in [0, 0.1) is 0 Å². The molecule has 0 saturated carbocycles. The van der Waals surface area contributed by atoms with Gasteiger partial charge in [0.2, 0.25) is 0 Å². The fraction of sp³-hybridized carbons (Fsp3) is 0.192. The molecule has 0 aliphatic carbocycles. The van der Waals surface area contributed by atoms with Gasteiger partial charge in [-0.25, -0.2) is 5.43 Å². The first-order chi connectivity index (χ1) is 18.0. The molecule has 0 unspecified atom stereocenters. The number of halogens is 1. The lowest BCUT2D eigenvalue weighted by atomic mass is 10.2. The Morgan fingerprint density at radius 1 is 1.16 bits per heavy atom. The van der Waals surface area contributed by atoms with Crippen LogP contribution in [0.25, 0.3) is 17.1 Å². The Bertz CT molecular complexity index is 1370. The van der Waals surface area contributed by atoms with E-state index in [0.29, 0.717) is 16.5 Å². The molecule has 2 aromatic heterocycles. The van der Waals surface area contributed by atoms with E-state index in [-0.39, 0.29) is 17.4 Å². The van der Waals surface area contributed by atoms with Crippen LogP contribution >= 0.6 is 27.7 Å². The lowest BCUT2D eigenvalue weighted by Gasteiger charge is -2.21. The molecule has 0 saturated heterocycles. The first kappa shape index (κ1) is 26.4. The van der Waals surface area contributed by atoms with Gasteiger partial charge in [0.25, 0.3) is 5.91 Å². The second kappa shape index (κ2) is 12.5. The first-order valence-corrected chi connectivity index (χ1v) is 13.4. The quantitative estimate of drug-likeness (QED) is 0.156. The topological polar surface area (TPSA) is 109 Å². The highest BCUT2D eigenvalue weighted by Gasteiger charge is 2.17. The van der Waals surface area contributed by atoms with Crippen LogP contribution in [0.1, 0.15) is 19.4 Å². The van der Waals surface area contributed by atoms with Crippen molar-refractivity contribution in [2.24, 2.45) is 5.10 Å². The summed E-state index contributed by atoms with van der Waals surface area (Å²) in [5, 5.41) is 23.6. The normalized spacial score (nSPS) is 11.1. The zero-order valence-electron chi connectivity index (χ0n) is 20.4. The van der Waals surface area contributed by atoms with E-state index < -0.39 is 0 Å². The third-order valence-electron chi connectivity index (χ3n) is 5.51. The summed E-state index contributed by atoms with van der Waals surface area (Å²) in [5.74, 6) is 0.488. The van der Waals surface area contributed by atoms with Crippen molar-refractivity contribution in [3.8, 4) is 22.8 Å². The van der Waals surface area contributed by atoms with E-state index in [2.05, 4.69) is 60.4 Å². The second-order valence-corrected chi connectivity index (χ2v) is 9.72.